The zero-order valence-electron chi connectivity index (χ0n) is 19.7. The first-order chi connectivity index (χ1) is 16.8. The van der Waals surface area contributed by atoms with E-state index in [0.717, 1.165) is 43.0 Å². The molecule has 1 aliphatic rings. The maximum Gasteiger partial charge on any atom is 0.573 e. The lowest BCUT2D eigenvalue weighted by Crippen LogP contribution is -2.34. The second-order valence-electron chi connectivity index (χ2n) is 8.23. The summed E-state index contributed by atoms with van der Waals surface area (Å²) in [5.41, 5.74) is 6.30. The van der Waals surface area contributed by atoms with E-state index >= 15 is 0 Å². The first kappa shape index (κ1) is 28.6. The number of Topliss-reactive ketones (excluding diaryl/α,β-unsaturated/α-hetero) is 1. The lowest BCUT2D eigenvalue weighted by Gasteiger charge is -2.28. The normalized spacial score (nSPS) is 15.3. The minimum atomic E-state index is -4.86. The van der Waals surface area contributed by atoms with Gasteiger partial charge in [0, 0.05) is 17.5 Å². The van der Waals surface area contributed by atoms with Crippen molar-refractivity contribution < 1.29 is 42.5 Å². The van der Waals surface area contributed by atoms with Gasteiger partial charge in [-0.15, -0.1) is 13.2 Å². The maximum absolute atomic E-state index is 12.9. The van der Waals surface area contributed by atoms with E-state index in [1.54, 1.807) is 18.2 Å². The average Bonchev–Trinajstić information content (AvgIpc) is 2.79. The van der Waals surface area contributed by atoms with Gasteiger partial charge < -0.3 is 25.6 Å². The third-order valence-electron chi connectivity index (χ3n) is 5.37. The van der Waals surface area contributed by atoms with Gasteiger partial charge >= 0.3 is 18.4 Å². The number of nitrogens with two attached hydrogens (primary N) is 1. The summed E-state index contributed by atoms with van der Waals surface area (Å²) in [5.74, 6) is -1.80. The fourth-order valence-corrected chi connectivity index (χ4v) is 3.53. The summed E-state index contributed by atoms with van der Waals surface area (Å²) >= 11 is 0. The number of likely N-dealkylation sites (tertiary alicyclic amines) is 1. The third kappa shape index (κ3) is 8.54. The minimum absolute atomic E-state index is 0.0245. The molecular weight excluding hydrogens is 483 g/mol. The Hall–Kier alpha value is -3.64. The molecule has 36 heavy (non-hydrogen) atoms. The molecule has 4 N–H and O–H groups in total. The summed E-state index contributed by atoms with van der Waals surface area (Å²) in [6.45, 7) is 2.85. The molecule has 1 saturated heterocycles. The Bertz CT molecular complexity index is 1070. The molecule has 1 unspecified atom stereocenters. The number of ketones is 1. The number of urea groups is 1. The van der Waals surface area contributed by atoms with Crippen LogP contribution in [0.25, 0.3) is 0 Å². The van der Waals surface area contributed by atoms with E-state index in [9.17, 15) is 27.6 Å². The monoisotopic (exact) mass is 511 g/mol. The highest BCUT2D eigenvalue weighted by atomic mass is 19.4. The number of nitrogens with zero attached hydrogens (tertiary/aromatic N) is 2. The van der Waals surface area contributed by atoms with Gasteiger partial charge in [0.2, 0.25) is 0 Å². The van der Waals surface area contributed by atoms with Crippen molar-refractivity contribution in [2.75, 3.05) is 25.0 Å². The van der Waals surface area contributed by atoms with Crippen LogP contribution in [0, 0.1) is 5.92 Å². The Morgan fingerprint density at radius 3 is 2.11 bits per heavy atom. The summed E-state index contributed by atoms with van der Waals surface area (Å²) in [5, 5.41) is 15.8. The second-order valence-corrected chi connectivity index (χ2v) is 8.23. The molecule has 0 bridgehead atoms. The number of anilines is 2. The van der Waals surface area contributed by atoms with E-state index in [0.29, 0.717) is 5.56 Å². The van der Waals surface area contributed by atoms with Crippen molar-refractivity contribution in [3.63, 3.8) is 0 Å². The molecule has 0 radical (unpaired) electrons. The highest BCUT2D eigenvalue weighted by Crippen LogP contribution is 2.32. The van der Waals surface area contributed by atoms with E-state index in [1.165, 1.54) is 25.1 Å². The Morgan fingerprint density at radius 2 is 1.61 bits per heavy atom. The molecule has 0 saturated carbocycles. The number of benzene rings is 2. The predicted octanol–water partition coefficient (Wildman–Crippen LogP) is 3.78. The summed E-state index contributed by atoms with van der Waals surface area (Å²) in [7, 11) is 2.00. The van der Waals surface area contributed by atoms with Gasteiger partial charge in [0.05, 0.1) is 11.4 Å². The number of amides is 2. The number of hydrogen-bond acceptors (Lipinski definition) is 6. The molecule has 1 aliphatic heterocycles. The molecule has 9 nitrogen and oxygen atoms in total. The predicted molar refractivity (Wildman–Crippen MR) is 125 cm³/mol. The molecule has 3 rings (SSSR count). The zero-order chi connectivity index (χ0) is 27.0. The molecule has 2 aromatic rings. The molecule has 1 atom stereocenters. The molecule has 2 aromatic carbocycles. The van der Waals surface area contributed by atoms with E-state index in [2.05, 4.69) is 9.64 Å². The number of rotatable bonds is 6. The van der Waals surface area contributed by atoms with Crippen molar-refractivity contribution in [2.45, 2.75) is 32.2 Å². The lowest BCUT2D eigenvalue weighted by atomic mass is 9.89. The van der Waals surface area contributed by atoms with Crippen molar-refractivity contribution in [3.05, 3.63) is 54.1 Å². The number of carboxylic acid groups (broad SMARTS) is 1. The van der Waals surface area contributed by atoms with Gasteiger partial charge in [-0.3, -0.25) is 9.69 Å². The Kier molecular flexibility index (Phi) is 9.82. The van der Waals surface area contributed by atoms with Crippen LogP contribution in [0.4, 0.5) is 29.3 Å². The smallest absolute Gasteiger partial charge is 0.479 e. The Labute approximate surface area is 205 Å². The fraction of sp³-hybridized carbons (Fsp3) is 0.375. The number of piperidine rings is 1. The Balaban J connectivity index is 0.000000678. The first-order valence-corrected chi connectivity index (χ1v) is 11.0. The SMILES string of the molecule is CC(O)C(=O)O.CN1CCC(C(=O)c2cccc(N(C(N)=O)c3cccc(OC(F)(F)F)c3)c2)CC1. The van der Waals surface area contributed by atoms with Crippen LogP contribution in [-0.2, 0) is 4.79 Å². The molecule has 2 amide bonds. The fourth-order valence-electron chi connectivity index (χ4n) is 3.53. The highest BCUT2D eigenvalue weighted by Gasteiger charge is 2.31. The Morgan fingerprint density at radius 1 is 1.08 bits per heavy atom. The number of carboxylic acids is 1. The number of aliphatic hydroxyl groups is 1. The topological polar surface area (TPSA) is 133 Å². The number of alkyl halides is 3. The summed E-state index contributed by atoms with van der Waals surface area (Å²) < 4.78 is 41.5. The van der Waals surface area contributed by atoms with E-state index in [4.69, 9.17) is 15.9 Å². The molecule has 0 spiro atoms. The van der Waals surface area contributed by atoms with Crippen molar-refractivity contribution in [1.29, 1.82) is 0 Å². The van der Waals surface area contributed by atoms with Crippen molar-refractivity contribution >= 4 is 29.2 Å². The molecule has 0 aliphatic carbocycles. The van der Waals surface area contributed by atoms with Crippen LogP contribution >= 0.6 is 0 Å². The molecule has 1 heterocycles. The molecule has 0 aromatic heterocycles. The van der Waals surface area contributed by atoms with Gasteiger partial charge in [0.25, 0.3) is 0 Å². The molecule has 1 fully saturated rings. The van der Waals surface area contributed by atoms with Crippen LogP contribution in [0.3, 0.4) is 0 Å². The minimum Gasteiger partial charge on any atom is -0.479 e. The summed E-state index contributed by atoms with van der Waals surface area (Å²) in [6.07, 6.45) is -4.60. The second kappa shape index (κ2) is 12.4. The zero-order valence-corrected chi connectivity index (χ0v) is 19.7. The van der Waals surface area contributed by atoms with Crippen LogP contribution < -0.4 is 15.4 Å². The van der Waals surface area contributed by atoms with E-state index < -0.39 is 30.2 Å². The number of ether oxygens (including phenoxy) is 1. The largest absolute Gasteiger partial charge is 0.573 e. The number of aliphatic hydroxyl groups excluding tert-OH is 1. The molecule has 196 valence electrons. The van der Waals surface area contributed by atoms with Gasteiger partial charge in [-0.05, 0) is 64.2 Å². The van der Waals surface area contributed by atoms with Crippen LogP contribution in [0.1, 0.15) is 30.1 Å². The number of halogens is 3. The van der Waals surface area contributed by atoms with Crippen molar-refractivity contribution in [1.82, 2.24) is 4.90 Å². The quantitative estimate of drug-likeness (QED) is 0.503. The number of hydrogen-bond donors (Lipinski definition) is 3. The van der Waals surface area contributed by atoms with Gasteiger partial charge in [-0.1, -0.05) is 18.2 Å². The standard InChI is InChI=1S/C21H22F3N3O3.C3H6O3/c1-26-10-8-14(9-11-26)19(28)15-4-2-5-16(12-15)27(20(25)29)17-6-3-7-18(13-17)30-21(22,23)24;1-2(4)3(5)6/h2-7,12-14H,8-11H2,1H3,(H2,25,29);2,4H,1H3,(H,5,6). The number of carbonyl (C=O) groups is 3. The van der Waals surface area contributed by atoms with Crippen LogP contribution in [0.15, 0.2) is 48.5 Å². The third-order valence-corrected chi connectivity index (χ3v) is 5.37. The number of carbonyl (C=O) groups excluding carboxylic acids is 2. The van der Waals surface area contributed by atoms with Gasteiger partial charge in [-0.2, -0.15) is 0 Å². The van der Waals surface area contributed by atoms with Gasteiger partial charge in [0.1, 0.15) is 11.9 Å². The van der Waals surface area contributed by atoms with Crippen molar-refractivity contribution in [2.24, 2.45) is 11.7 Å². The maximum atomic E-state index is 12.9. The van der Waals surface area contributed by atoms with E-state index in [1.807, 2.05) is 7.05 Å². The molecule has 12 heteroatoms. The van der Waals surface area contributed by atoms with Gasteiger partial charge in [0.15, 0.2) is 5.78 Å². The number of primary amides is 1. The number of aliphatic carboxylic acids is 1. The first-order valence-electron chi connectivity index (χ1n) is 11.0. The summed E-state index contributed by atoms with van der Waals surface area (Å²) in [6, 6.07) is 10.4. The van der Waals surface area contributed by atoms with Crippen LogP contribution in [0.2, 0.25) is 0 Å². The average molecular weight is 511 g/mol. The van der Waals surface area contributed by atoms with Crippen molar-refractivity contribution in [3.8, 4) is 5.75 Å². The highest BCUT2D eigenvalue weighted by molar-refractivity contribution is 6.02. The van der Waals surface area contributed by atoms with Crippen LogP contribution in [-0.4, -0.2) is 65.5 Å². The van der Waals surface area contributed by atoms with Gasteiger partial charge in [-0.25, -0.2) is 9.59 Å². The lowest BCUT2D eigenvalue weighted by molar-refractivity contribution is -0.274. The molecular formula is C24H28F3N3O6. The van der Waals surface area contributed by atoms with E-state index in [-0.39, 0.29) is 23.1 Å². The summed E-state index contributed by atoms with van der Waals surface area (Å²) in [4.78, 5) is 37.7. The van der Waals surface area contributed by atoms with Crippen LogP contribution in [0.5, 0.6) is 5.75 Å².